The van der Waals surface area contributed by atoms with Crippen LogP contribution in [0.5, 0.6) is 0 Å². The predicted molar refractivity (Wildman–Crippen MR) is 83.2 cm³/mol. The van der Waals surface area contributed by atoms with Gasteiger partial charge in [-0.15, -0.1) is 0 Å². The van der Waals surface area contributed by atoms with Gasteiger partial charge in [0.2, 0.25) is 5.91 Å². The Hall–Kier alpha value is -1.84. The second-order valence-corrected chi connectivity index (χ2v) is 5.76. The van der Waals surface area contributed by atoms with Gasteiger partial charge in [0.15, 0.2) is 0 Å². The molecule has 21 heavy (non-hydrogen) atoms. The normalized spacial score (nSPS) is 10.6. The number of hydrogen-bond donors (Lipinski definition) is 2. The predicted octanol–water partition coefficient (Wildman–Crippen LogP) is 2.80. The molecule has 0 aliphatic carbocycles. The number of aryl methyl sites for hydroxylation is 1. The zero-order chi connectivity index (χ0) is 15.7. The van der Waals surface area contributed by atoms with Crippen LogP contribution < -0.4 is 5.32 Å². The van der Waals surface area contributed by atoms with Crippen molar-refractivity contribution in [3.8, 4) is 0 Å². The quantitative estimate of drug-likeness (QED) is 0.688. The first-order valence-electron chi connectivity index (χ1n) is 7.53. The molecule has 1 amide bonds. The summed E-state index contributed by atoms with van der Waals surface area (Å²) in [4.78, 5) is 22.0. The number of benzene rings is 1. The monoisotopic (exact) mass is 291 g/mol. The van der Waals surface area contributed by atoms with Gasteiger partial charge >= 0.3 is 5.97 Å². The van der Waals surface area contributed by atoms with Gasteiger partial charge in [0.1, 0.15) is 0 Å². The zero-order valence-electron chi connectivity index (χ0n) is 12.9. The molecule has 0 atom stereocenters. The van der Waals surface area contributed by atoms with E-state index in [2.05, 4.69) is 43.4 Å². The number of carboxylic acids is 1. The summed E-state index contributed by atoms with van der Waals surface area (Å²) >= 11 is 0. The molecule has 0 heterocycles. The molecule has 0 radical (unpaired) electrons. The molecule has 0 saturated carbocycles. The van der Waals surface area contributed by atoms with Crippen LogP contribution in [0.2, 0.25) is 0 Å². The number of hydrogen-bond acceptors (Lipinski definition) is 2. The lowest BCUT2D eigenvalue weighted by molar-refractivity contribution is -0.137. The number of rotatable bonds is 9. The molecule has 0 unspecified atom stereocenters. The summed E-state index contributed by atoms with van der Waals surface area (Å²) in [6, 6.07) is 8.41. The smallest absolute Gasteiger partial charge is 0.303 e. The van der Waals surface area contributed by atoms with Gasteiger partial charge in [-0.05, 0) is 36.3 Å². The van der Waals surface area contributed by atoms with E-state index in [0.717, 1.165) is 12.0 Å². The van der Waals surface area contributed by atoms with Gasteiger partial charge in [0.05, 0.1) is 0 Å². The topological polar surface area (TPSA) is 66.4 Å². The average molecular weight is 291 g/mol. The molecule has 0 aromatic heterocycles. The Bertz CT molecular complexity index is 452. The molecule has 4 heteroatoms. The molecule has 0 aliphatic rings. The van der Waals surface area contributed by atoms with Gasteiger partial charge in [-0.25, -0.2) is 0 Å². The summed E-state index contributed by atoms with van der Waals surface area (Å²) in [6.45, 7) is 4.82. The second-order valence-electron chi connectivity index (χ2n) is 5.76. The van der Waals surface area contributed by atoms with Crippen LogP contribution in [-0.2, 0) is 22.4 Å². The van der Waals surface area contributed by atoms with Crippen molar-refractivity contribution in [2.45, 2.75) is 46.0 Å². The minimum atomic E-state index is -0.828. The van der Waals surface area contributed by atoms with E-state index in [0.29, 0.717) is 31.7 Å². The van der Waals surface area contributed by atoms with Crippen LogP contribution in [0.3, 0.4) is 0 Å². The average Bonchev–Trinajstić information content (AvgIpc) is 2.42. The molecular formula is C17H25NO3. The fourth-order valence-electron chi connectivity index (χ4n) is 2.13. The van der Waals surface area contributed by atoms with E-state index in [-0.39, 0.29) is 12.3 Å². The third kappa shape index (κ3) is 8.12. The lowest BCUT2D eigenvalue weighted by Gasteiger charge is -2.07. The summed E-state index contributed by atoms with van der Waals surface area (Å²) in [5, 5.41) is 11.2. The fraction of sp³-hybridized carbons (Fsp3) is 0.529. The summed E-state index contributed by atoms with van der Waals surface area (Å²) in [5.74, 6) is -0.204. The van der Waals surface area contributed by atoms with E-state index < -0.39 is 5.97 Å². The van der Waals surface area contributed by atoms with E-state index in [1.807, 2.05) is 0 Å². The molecule has 1 rings (SSSR count). The van der Waals surface area contributed by atoms with E-state index >= 15 is 0 Å². The highest BCUT2D eigenvalue weighted by atomic mass is 16.4. The first kappa shape index (κ1) is 17.2. The van der Waals surface area contributed by atoms with E-state index in [4.69, 9.17) is 5.11 Å². The maximum absolute atomic E-state index is 11.6. The van der Waals surface area contributed by atoms with E-state index in [1.54, 1.807) is 0 Å². The standard InChI is InChI=1S/C17H25NO3/c1-13(2)12-15-7-5-14(6-8-15)9-10-16(19)18-11-3-4-17(20)21/h5-8,13H,3-4,9-12H2,1-2H3,(H,18,19)(H,20,21). The molecule has 0 fully saturated rings. The first-order chi connectivity index (χ1) is 9.97. The largest absolute Gasteiger partial charge is 0.481 e. The van der Waals surface area contributed by atoms with E-state index in [1.165, 1.54) is 5.56 Å². The van der Waals surface area contributed by atoms with Crippen molar-refractivity contribution >= 4 is 11.9 Å². The Kier molecular flexibility index (Phi) is 7.51. The molecule has 1 aromatic carbocycles. The maximum Gasteiger partial charge on any atom is 0.303 e. The third-order valence-electron chi connectivity index (χ3n) is 3.20. The van der Waals surface area contributed by atoms with Gasteiger partial charge in [-0.3, -0.25) is 9.59 Å². The van der Waals surface area contributed by atoms with Crippen LogP contribution in [0.25, 0.3) is 0 Å². The molecule has 0 saturated heterocycles. The van der Waals surface area contributed by atoms with Crippen LogP contribution in [0.15, 0.2) is 24.3 Å². The lowest BCUT2D eigenvalue weighted by atomic mass is 10.0. The number of nitrogens with one attached hydrogen (secondary N) is 1. The highest BCUT2D eigenvalue weighted by Crippen LogP contribution is 2.11. The molecule has 0 spiro atoms. The number of carbonyl (C=O) groups is 2. The summed E-state index contributed by atoms with van der Waals surface area (Å²) in [5.41, 5.74) is 2.48. The van der Waals surface area contributed by atoms with E-state index in [9.17, 15) is 9.59 Å². The third-order valence-corrected chi connectivity index (χ3v) is 3.20. The number of carboxylic acid groups (broad SMARTS) is 1. The highest BCUT2D eigenvalue weighted by molar-refractivity contribution is 5.76. The first-order valence-corrected chi connectivity index (χ1v) is 7.53. The molecular weight excluding hydrogens is 266 g/mol. The molecule has 4 nitrogen and oxygen atoms in total. The Morgan fingerprint density at radius 3 is 2.29 bits per heavy atom. The van der Waals surface area contributed by atoms with Crippen LogP contribution in [0.4, 0.5) is 0 Å². The van der Waals surface area contributed by atoms with Crippen LogP contribution in [0.1, 0.15) is 44.2 Å². The fourth-order valence-corrected chi connectivity index (χ4v) is 2.13. The van der Waals surface area contributed by atoms with Gasteiger partial charge in [0.25, 0.3) is 0 Å². The van der Waals surface area contributed by atoms with Crippen LogP contribution >= 0.6 is 0 Å². The Balaban J connectivity index is 2.24. The minimum Gasteiger partial charge on any atom is -0.481 e. The van der Waals surface area contributed by atoms with Crippen molar-refractivity contribution in [3.05, 3.63) is 35.4 Å². The molecule has 116 valence electrons. The van der Waals surface area contributed by atoms with Gasteiger partial charge in [-0.2, -0.15) is 0 Å². The van der Waals surface area contributed by atoms with Crippen molar-refractivity contribution in [3.63, 3.8) is 0 Å². The number of aliphatic carboxylic acids is 1. The van der Waals surface area contributed by atoms with Crippen LogP contribution in [-0.4, -0.2) is 23.5 Å². The Morgan fingerprint density at radius 2 is 1.71 bits per heavy atom. The molecule has 0 bridgehead atoms. The Labute approximate surface area is 126 Å². The minimum absolute atomic E-state index is 0.0216. The molecule has 1 aromatic rings. The van der Waals surface area contributed by atoms with Crippen LogP contribution in [0, 0.1) is 5.92 Å². The second kappa shape index (κ2) is 9.16. The van der Waals surface area contributed by atoms with Gasteiger partial charge in [-0.1, -0.05) is 38.1 Å². The number of amides is 1. The number of carbonyl (C=O) groups excluding carboxylic acids is 1. The highest BCUT2D eigenvalue weighted by Gasteiger charge is 2.04. The Morgan fingerprint density at radius 1 is 1.10 bits per heavy atom. The van der Waals surface area contributed by atoms with Gasteiger partial charge in [0, 0.05) is 19.4 Å². The van der Waals surface area contributed by atoms with Crippen molar-refractivity contribution < 1.29 is 14.7 Å². The van der Waals surface area contributed by atoms with Crippen molar-refractivity contribution in [1.82, 2.24) is 5.32 Å². The molecule has 2 N–H and O–H groups in total. The van der Waals surface area contributed by atoms with Gasteiger partial charge < -0.3 is 10.4 Å². The van der Waals surface area contributed by atoms with Crippen molar-refractivity contribution in [2.24, 2.45) is 5.92 Å². The van der Waals surface area contributed by atoms with Crippen molar-refractivity contribution in [2.75, 3.05) is 6.54 Å². The maximum atomic E-state index is 11.6. The lowest BCUT2D eigenvalue weighted by Crippen LogP contribution is -2.25. The summed E-state index contributed by atoms with van der Waals surface area (Å²) < 4.78 is 0. The van der Waals surface area contributed by atoms with Crippen molar-refractivity contribution in [1.29, 1.82) is 0 Å². The summed E-state index contributed by atoms with van der Waals surface area (Å²) in [7, 11) is 0. The zero-order valence-corrected chi connectivity index (χ0v) is 12.9. The summed E-state index contributed by atoms with van der Waals surface area (Å²) in [6.07, 6.45) is 2.80. The SMILES string of the molecule is CC(C)Cc1ccc(CCC(=O)NCCCC(=O)O)cc1. The molecule has 0 aliphatic heterocycles.